The molecule has 0 N–H and O–H groups in total. The van der Waals surface area contributed by atoms with Crippen LogP contribution < -0.4 is 4.74 Å². The van der Waals surface area contributed by atoms with Gasteiger partial charge in [-0.1, -0.05) is 29.8 Å². The van der Waals surface area contributed by atoms with E-state index in [1.165, 1.54) is 6.92 Å². The number of halogens is 1. The van der Waals surface area contributed by atoms with Crippen molar-refractivity contribution in [1.29, 1.82) is 0 Å². The summed E-state index contributed by atoms with van der Waals surface area (Å²) in [6.07, 6.45) is 2.08. The second-order valence-corrected chi connectivity index (χ2v) is 4.01. The largest absolute Gasteiger partial charge is 0.497 e. The monoisotopic (exact) mass is 266 g/mol. The molecule has 0 bridgehead atoms. The number of benzene rings is 1. The fourth-order valence-electron chi connectivity index (χ4n) is 1.40. The summed E-state index contributed by atoms with van der Waals surface area (Å²) in [4.78, 5) is 11.1. The summed E-state index contributed by atoms with van der Waals surface area (Å²) in [5.41, 5.74) is 0.691. The zero-order valence-corrected chi connectivity index (χ0v) is 11.2. The van der Waals surface area contributed by atoms with Gasteiger partial charge in [0, 0.05) is 18.9 Å². The molecule has 3 nitrogen and oxygen atoms in total. The maximum Gasteiger partial charge on any atom is 0.308 e. The summed E-state index contributed by atoms with van der Waals surface area (Å²) in [6.45, 7) is 4.94. The molecule has 0 spiro atoms. The number of carbonyl (C=O) groups is 1. The number of rotatable bonds is 5. The van der Waals surface area contributed by atoms with Crippen LogP contribution in [-0.4, -0.2) is 13.1 Å². The Bertz CT molecular complexity index is 478. The van der Waals surface area contributed by atoms with Gasteiger partial charge in [0.15, 0.2) is 5.76 Å². The van der Waals surface area contributed by atoms with E-state index in [1.807, 2.05) is 0 Å². The van der Waals surface area contributed by atoms with Crippen molar-refractivity contribution in [2.24, 2.45) is 0 Å². The number of methoxy groups -OCH3 is 1. The van der Waals surface area contributed by atoms with Crippen molar-refractivity contribution in [3.05, 3.63) is 47.5 Å². The molecule has 0 saturated heterocycles. The van der Waals surface area contributed by atoms with Crippen LogP contribution in [0.25, 0.3) is 5.76 Å². The van der Waals surface area contributed by atoms with E-state index in [0.29, 0.717) is 28.5 Å². The molecule has 1 aromatic carbocycles. The first-order valence-corrected chi connectivity index (χ1v) is 5.78. The predicted molar refractivity (Wildman–Crippen MR) is 72.3 cm³/mol. The highest BCUT2D eigenvalue weighted by Gasteiger charge is 2.12. The number of esters is 1. The van der Waals surface area contributed by atoms with E-state index < -0.39 is 5.97 Å². The summed E-state index contributed by atoms with van der Waals surface area (Å²) >= 11 is 6.11. The molecule has 0 fully saturated rings. The van der Waals surface area contributed by atoms with Crippen LogP contribution in [0.15, 0.2) is 42.0 Å². The Hall–Kier alpha value is -1.74. The number of hydrogen-bond acceptors (Lipinski definition) is 3. The van der Waals surface area contributed by atoms with Gasteiger partial charge in [0.05, 0.1) is 12.1 Å². The van der Waals surface area contributed by atoms with Gasteiger partial charge < -0.3 is 9.47 Å². The highest BCUT2D eigenvalue weighted by Crippen LogP contribution is 2.27. The second-order valence-electron chi connectivity index (χ2n) is 3.55. The van der Waals surface area contributed by atoms with Crippen LogP contribution in [0, 0.1) is 0 Å². The van der Waals surface area contributed by atoms with Crippen LogP contribution in [0.5, 0.6) is 5.75 Å². The van der Waals surface area contributed by atoms with E-state index in [-0.39, 0.29) is 0 Å². The molecule has 1 rings (SSSR count). The third-order valence-corrected chi connectivity index (χ3v) is 2.47. The lowest BCUT2D eigenvalue weighted by molar-refractivity contribution is -0.134. The molecular weight excluding hydrogens is 252 g/mol. The molecule has 0 saturated carbocycles. The summed E-state index contributed by atoms with van der Waals surface area (Å²) < 4.78 is 10.3. The maximum absolute atomic E-state index is 11.1. The van der Waals surface area contributed by atoms with Gasteiger partial charge in [0.25, 0.3) is 0 Å². The van der Waals surface area contributed by atoms with Crippen molar-refractivity contribution in [2.45, 2.75) is 13.3 Å². The average molecular weight is 267 g/mol. The highest BCUT2D eigenvalue weighted by atomic mass is 35.5. The minimum atomic E-state index is -0.421. The summed E-state index contributed by atoms with van der Waals surface area (Å²) in [5.74, 6) is 0.582. The van der Waals surface area contributed by atoms with Crippen molar-refractivity contribution in [2.75, 3.05) is 7.11 Å². The minimum Gasteiger partial charge on any atom is -0.497 e. The van der Waals surface area contributed by atoms with Gasteiger partial charge in [-0.05, 0) is 12.1 Å². The molecule has 4 heteroatoms. The van der Waals surface area contributed by atoms with Crippen molar-refractivity contribution in [3.8, 4) is 5.75 Å². The lowest BCUT2D eigenvalue weighted by Crippen LogP contribution is -2.00. The molecule has 0 amide bonds. The van der Waals surface area contributed by atoms with Gasteiger partial charge in [-0.3, -0.25) is 4.79 Å². The zero-order valence-electron chi connectivity index (χ0n) is 10.4. The number of carbonyl (C=O) groups excluding carboxylic acids is 1. The third kappa shape index (κ3) is 3.93. The predicted octanol–water partition coefficient (Wildman–Crippen LogP) is 3.74. The lowest BCUT2D eigenvalue weighted by atomic mass is 10.1. The number of allylic oxidation sites excluding steroid dienone is 2. The van der Waals surface area contributed by atoms with Crippen molar-refractivity contribution in [3.63, 3.8) is 0 Å². The van der Waals surface area contributed by atoms with Gasteiger partial charge in [0.2, 0.25) is 0 Å². The van der Waals surface area contributed by atoms with E-state index in [0.717, 1.165) is 0 Å². The van der Waals surface area contributed by atoms with Crippen molar-refractivity contribution >= 4 is 23.3 Å². The first-order valence-electron chi connectivity index (χ1n) is 5.41. The Morgan fingerprint density at radius 3 is 2.78 bits per heavy atom. The lowest BCUT2D eigenvalue weighted by Gasteiger charge is -2.10. The quantitative estimate of drug-likeness (QED) is 0.463. The average Bonchev–Trinajstić information content (AvgIpc) is 2.36. The van der Waals surface area contributed by atoms with Gasteiger partial charge >= 0.3 is 5.97 Å². The van der Waals surface area contributed by atoms with Crippen LogP contribution in [0.2, 0.25) is 0 Å². The Kier molecular flexibility index (Phi) is 5.46. The molecule has 0 aliphatic rings. The Morgan fingerprint density at radius 2 is 2.22 bits per heavy atom. The number of hydrogen-bond donors (Lipinski definition) is 0. The molecule has 0 heterocycles. The van der Waals surface area contributed by atoms with Gasteiger partial charge in [-0.25, -0.2) is 0 Å². The minimum absolute atomic E-state index is 0.336. The van der Waals surface area contributed by atoms with E-state index in [9.17, 15) is 4.79 Å². The van der Waals surface area contributed by atoms with Crippen LogP contribution >= 0.6 is 11.6 Å². The second kappa shape index (κ2) is 6.87. The molecule has 0 aliphatic heterocycles. The number of ether oxygens (including phenoxy) is 2. The molecule has 0 atom stereocenters. The molecule has 0 radical (unpaired) electrons. The van der Waals surface area contributed by atoms with Crippen LogP contribution in [0.3, 0.4) is 0 Å². The smallest absolute Gasteiger partial charge is 0.308 e. The Morgan fingerprint density at radius 1 is 1.50 bits per heavy atom. The SMILES string of the molecule is C=CC/C(Cl)=C(/OC(C)=O)c1cccc(OC)c1. The fraction of sp³-hybridized carbons (Fsp3) is 0.214. The first kappa shape index (κ1) is 14.3. The van der Waals surface area contributed by atoms with E-state index >= 15 is 0 Å². The third-order valence-electron chi connectivity index (χ3n) is 2.15. The summed E-state index contributed by atoms with van der Waals surface area (Å²) in [6, 6.07) is 7.15. The molecule has 18 heavy (non-hydrogen) atoms. The van der Waals surface area contributed by atoms with Gasteiger partial charge in [-0.15, -0.1) is 6.58 Å². The summed E-state index contributed by atoms with van der Waals surface area (Å²) in [7, 11) is 1.57. The first-order chi connectivity index (χ1) is 8.58. The van der Waals surface area contributed by atoms with E-state index in [4.69, 9.17) is 21.1 Å². The van der Waals surface area contributed by atoms with Gasteiger partial charge in [0.1, 0.15) is 5.75 Å². The molecule has 96 valence electrons. The molecule has 0 aliphatic carbocycles. The summed E-state index contributed by atoms with van der Waals surface area (Å²) in [5, 5.41) is 0.424. The maximum atomic E-state index is 11.1. The van der Waals surface area contributed by atoms with Crippen LogP contribution in [0.1, 0.15) is 18.9 Å². The molecule has 1 aromatic rings. The van der Waals surface area contributed by atoms with E-state index in [1.54, 1.807) is 37.5 Å². The van der Waals surface area contributed by atoms with Crippen molar-refractivity contribution < 1.29 is 14.3 Å². The molecule has 0 aromatic heterocycles. The van der Waals surface area contributed by atoms with Gasteiger partial charge in [-0.2, -0.15) is 0 Å². The Labute approximate surface area is 112 Å². The molecular formula is C14H15ClO3. The zero-order chi connectivity index (χ0) is 13.5. The van der Waals surface area contributed by atoms with Crippen molar-refractivity contribution in [1.82, 2.24) is 0 Å². The standard InChI is InChI=1S/C14H15ClO3/c1-4-6-13(15)14(18-10(2)16)11-7-5-8-12(9-11)17-3/h4-5,7-9H,1,6H2,2-3H3/b14-13-. The van der Waals surface area contributed by atoms with Crippen LogP contribution in [-0.2, 0) is 9.53 Å². The van der Waals surface area contributed by atoms with E-state index in [2.05, 4.69) is 6.58 Å². The topological polar surface area (TPSA) is 35.5 Å². The highest BCUT2D eigenvalue weighted by molar-refractivity contribution is 6.32. The fourth-order valence-corrected chi connectivity index (χ4v) is 1.66. The molecule has 0 unspecified atom stereocenters. The van der Waals surface area contributed by atoms with Crippen LogP contribution in [0.4, 0.5) is 0 Å². The Balaban J connectivity index is 3.20. The normalized spacial score (nSPS) is 11.5.